The first-order valence-electron chi connectivity index (χ1n) is 9.17. The molecule has 8 heteroatoms. The molecule has 0 aliphatic heterocycles. The number of nitrogens with one attached hydrogen (secondary N) is 2. The normalized spacial score (nSPS) is 14.3. The largest absolute Gasteiger partial charge is 0.465 e. The van der Waals surface area contributed by atoms with Gasteiger partial charge in [-0.05, 0) is 24.5 Å². The molecule has 1 heterocycles. The molecule has 2 N–H and O–H groups in total. The Hall–Kier alpha value is -2.35. The predicted molar refractivity (Wildman–Crippen MR) is 104 cm³/mol. The van der Waals surface area contributed by atoms with E-state index in [1.807, 2.05) is 0 Å². The van der Waals surface area contributed by atoms with Gasteiger partial charge in [-0.25, -0.2) is 9.78 Å². The van der Waals surface area contributed by atoms with Gasteiger partial charge in [0.05, 0.1) is 24.1 Å². The maximum Gasteiger partial charge on any atom is 0.339 e. The number of hydrogen-bond acceptors (Lipinski definition) is 6. The van der Waals surface area contributed by atoms with E-state index < -0.39 is 5.97 Å². The lowest BCUT2D eigenvalue weighted by atomic mass is 10.0. The first-order chi connectivity index (χ1) is 13.2. The summed E-state index contributed by atoms with van der Waals surface area (Å²) in [4.78, 5) is 28.4. The smallest absolute Gasteiger partial charge is 0.339 e. The zero-order valence-corrected chi connectivity index (χ0v) is 16.2. The van der Waals surface area contributed by atoms with E-state index in [1.165, 1.54) is 44.6 Å². The van der Waals surface area contributed by atoms with Crippen LogP contribution in [0.5, 0.6) is 0 Å². The van der Waals surface area contributed by atoms with Gasteiger partial charge in [-0.15, -0.1) is 5.10 Å². The van der Waals surface area contributed by atoms with Gasteiger partial charge in [-0.2, -0.15) is 0 Å². The average Bonchev–Trinajstić information content (AvgIpc) is 3.36. The first kappa shape index (κ1) is 19.4. The van der Waals surface area contributed by atoms with E-state index in [0.29, 0.717) is 16.4 Å². The van der Waals surface area contributed by atoms with E-state index in [0.717, 1.165) is 24.6 Å². The number of aromatic amines is 1. The molecule has 3 rings (SSSR count). The molecular formula is C19H24N4O3S. The molecule has 1 amide bonds. The number of anilines is 1. The van der Waals surface area contributed by atoms with Crippen molar-refractivity contribution in [2.24, 2.45) is 5.92 Å². The van der Waals surface area contributed by atoms with Crippen LogP contribution in [-0.2, 0) is 16.0 Å². The number of benzene rings is 1. The van der Waals surface area contributed by atoms with Gasteiger partial charge in [0.2, 0.25) is 11.1 Å². The highest BCUT2D eigenvalue weighted by Gasteiger charge is 2.16. The highest BCUT2D eigenvalue weighted by Crippen LogP contribution is 2.28. The Morgan fingerprint density at radius 2 is 2.07 bits per heavy atom. The number of amides is 1. The van der Waals surface area contributed by atoms with Gasteiger partial charge in [0.1, 0.15) is 5.82 Å². The number of rotatable bonds is 8. The van der Waals surface area contributed by atoms with Crippen molar-refractivity contribution in [3.8, 4) is 0 Å². The van der Waals surface area contributed by atoms with Crippen molar-refractivity contribution in [3.05, 3.63) is 35.7 Å². The topological polar surface area (TPSA) is 97.0 Å². The molecular weight excluding hydrogens is 364 g/mol. The summed E-state index contributed by atoms with van der Waals surface area (Å²) in [5.74, 6) is 1.14. The number of nitrogens with zero attached hydrogens (tertiary/aromatic N) is 2. The summed E-state index contributed by atoms with van der Waals surface area (Å²) in [7, 11) is 1.31. The molecule has 1 aliphatic carbocycles. The summed E-state index contributed by atoms with van der Waals surface area (Å²) in [6.07, 6.45) is 7.37. The number of aromatic nitrogens is 3. The van der Waals surface area contributed by atoms with E-state index in [9.17, 15) is 9.59 Å². The van der Waals surface area contributed by atoms with E-state index in [1.54, 1.807) is 24.3 Å². The van der Waals surface area contributed by atoms with Crippen LogP contribution in [0, 0.1) is 5.92 Å². The molecule has 27 heavy (non-hydrogen) atoms. The Labute approximate surface area is 162 Å². The van der Waals surface area contributed by atoms with Crippen LogP contribution in [-0.4, -0.2) is 39.9 Å². The highest BCUT2D eigenvalue weighted by molar-refractivity contribution is 7.99. The lowest BCUT2D eigenvalue weighted by Gasteiger charge is -2.08. The second-order valence-corrected chi connectivity index (χ2v) is 7.57. The molecule has 0 saturated heterocycles. The van der Waals surface area contributed by atoms with Crippen LogP contribution in [0.15, 0.2) is 29.4 Å². The van der Waals surface area contributed by atoms with Crippen molar-refractivity contribution >= 4 is 29.3 Å². The standard InChI is InChI=1S/C19H24N4O3S/c1-26-18(25)14-8-4-5-9-15(14)20-17(24)12-27-19-21-16(22-23-19)11-10-13-6-2-3-7-13/h4-5,8-9,13H,2-3,6-7,10-12H2,1H3,(H,20,24)(H,21,22,23). The van der Waals surface area contributed by atoms with Crippen LogP contribution in [0.2, 0.25) is 0 Å². The zero-order chi connectivity index (χ0) is 19.1. The van der Waals surface area contributed by atoms with Crippen LogP contribution in [0.1, 0.15) is 48.3 Å². The third kappa shape index (κ3) is 5.56. The number of hydrogen-bond donors (Lipinski definition) is 2. The number of thioether (sulfide) groups is 1. The molecule has 0 bridgehead atoms. The number of ether oxygens (including phenoxy) is 1. The van der Waals surface area contributed by atoms with Crippen molar-refractivity contribution in [1.29, 1.82) is 0 Å². The van der Waals surface area contributed by atoms with Crippen LogP contribution in [0.25, 0.3) is 0 Å². The number of aryl methyl sites for hydroxylation is 1. The monoisotopic (exact) mass is 388 g/mol. The second-order valence-electron chi connectivity index (χ2n) is 6.63. The Morgan fingerprint density at radius 3 is 2.85 bits per heavy atom. The Morgan fingerprint density at radius 1 is 1.30 bits per heavy atom. The molecule has 1 aromatic carbocycles. The quantitative estimate of drug-likeness (QED) is 0.531. The Bertz CT molecular complexity index is 787. The van der Waals surface area contributed by atoms with Gasteiger partial charge in [-0.3, -0.25) is 9.89 Å². The van der Waals surface area contributed by atoms with E-state index in [4.69, 9.17) is 4.74 Å². The van der Waals surface area contributed by atoms with Gasteiger partial charge in [-0.1, -0.05) is 49.6 Å². The summed E-state index contributed by atoms with van der Waals surface area (Å²) in [6.45, 7) is 0. The minimum absolute atomic E-state index is 0.162. The Balaban J connectivity index is 1.47. The molecule has 0 unspecified atom stereocenters. The van der Waals surface area contributed by atoms with Gasteiger partial charge in [0.15, 0.2) is 0 Å². The second kappa shape index (κ2) is 9.55. The maximum atomic E-state index is 12.2. The van der Waals surface area contributed by atoms with Crippen molar-refractivity contribution in [1.82, 2.24) is 15.2 Å². The molecule has 144 valence electrons. The van der Waals surface area contributed by atoms with Crippen molar-refractivity contribution in [2.75, 3.05) is 18.2 Å². The van der Waals surface area contributed by atoms with E-state index in [2.05, 4.69) is 20.5 Å². The number of carbonyl (C=O) groups excluding carboxylic acids is 2. The fraction of sp³-hybridized carbons (Fsp3) is 0.474. The number of carbonyl (C=O) groups is 2. The van der Waals surface area contributed by atoms with Crippen molar-refractivity contribution in [2.45, 2.75) is 43.7 Å². The van der Waals surface area contributed by atoms with Crippen LogP contribution in [0.4, 0.5) is 5.69 Å². The summed E-state index contributed by atoms with van der Waals surface area (Å²) in [5, 5.41) is 10.4. The number of methoxy groups -OCH3 is 1. The summed E-state index contributed by atoms with van der Waals surface area (Å²) >= 11 is 1.27. The predicted octanol–water partition coefficient (Wildman–Crippen LogP) is 3.44. The fourth-order valence-electron chi connectivity index (χ4n) is 3.29. The van der Waals surface area contributed by atoms with Crippen LogP contribution in [0.3, 0.4) is 0 Å². The molecule has 1 fully saturated rings. The van der Waals surface area contributed by atoms with Gasteiger partial charge < -0.3 is 10.1 Å². The minimum atomic E-state index is -0.487. The van der Waals surface area contributed by atoms with E-state index >= 15 is 0 Å². The average molecular weight is 388 g/mol. The SMILES string of the molecule is COC(=O)c1ccccc1NC(=O)CSc1n[nH]c(CCC2CCCC2)n1. The third-order valence-electron chi connectivity index (χ3n) is 4.71. The van der Waals surface area contributed by atoms with E-state index in [-0.39, 0.29) is 11.7 Å². The molecule has 2 aromatic rings. The van der Waals surface area contributed by atoms with Crippen LogP contribution >= 0.6 is 11.8 Å². The van der Waals surface area contributed by atoms with Gasteiger partial charge >= 0.3 is 5.97 Å². The summed E-state index contributed by atoms with van der Waals surface area (Å²) in [5.41, 5.74) is 0.757. The summed E-state index contributed by atoms with van der Waals surface area (Å²) in [6, 6.07) is 6.75. The lowest BCUT2D eigenvalue weighted by molar-refractivity contribution is -0.113. The molecule has 0 radical (unpaired) electrons. The molecule has 0 atom stereocenters. The minimum Gasteiger partial charge on any atom is -0.465 e. The maximum absolute atomic E-state index is 12.2. The van der Waals surface area contributed by atoms with Crippen molar-refractivity contribution in [3.63, 3.8) is 0 Å². The van der Waals surface area contributed by atoms with Gasteiger partial charge in [0.25, 0.3) is 0 Å². The number of H-pyrrole nitrogens is 1. The fourth-order valence-corrected chi connectivity index (χ4v) is 3.91. The molecule has 1 aliphatic rings. The van der Waals surface area contributed by atoms with Crippen LogP contribution < -0.4 is 5.32 Å². The third-order valence-corrected chi connectivity index (χ3v) is 5.56. The molecule has 1 saturated carbocycles. The number of esters is 1. The number of para-hydroxylation sites is 1. The Kier molecular flexibility index (Phi) is 6.86. The zero-order valence-electron chi connectivity index (χ0n) is 15.4. The summed E-state index contributed by atoms with van der Waals surface area (Å²) < 4.78 is 4.73. The lowest BCUT2D eigenvalue weighted by Crippen LogP contribution is -2.17. The first-order valence-corrected chi connectivity index (χ1v) is 10.2. The molecule has 7 nitrogen and oxygen atoms in total. The molecule has 0 spiro atoms. The highest BCUT2D eigenvalue weighted by atomic mass is 32.2. The molecule has 1 aromatic heterocycles. The van der Waals surface area contributed by atoms with Gasteiger partial charge in [0, 0.05) is 6.42 Å². The van der Waals surface area contributed by atoms with Crippen molar-refractivity contribution < 1.29 is 14.3 Å².